The van der Waals surface area contributed by atoms with Gasteiger partial charge in [-0.25, -0.2) is 0 Å². The molecule has 0 spiro atoms. The van der Waals surface area contributed by atoms with Crippen LogP contribution in [0.1, 0.15) is 265 Å². The quantitative estimate of drug-likeness (QED) is 0.0262. The minimum atomic E-state index is -0.798. The van der Waals surface area contributed by atoms with Gasteiger partial charge in [-0.3, -0.25) is 14.4 Å². The molecule has 0 saturated carbocycles. The van der Waals surface area contributed by atoms with Gasteiger partial charge in [0.1, 0.15) is 13.2 Å². The molecule has 0 aliphatic rings. The molecule has 0 aromatic carbocycles. The zero-order chi connectivity index (χ0) is 48.6. The van der Waals surface area contributed by atoms with E-state index in [-0.39, 0.29) is 37.5 Å². The predicted molar refractivity (Wildman–Crippen MR) is 288 cm³/mol. The lowest BCUT2D eigenvalue weighted by molar-refractivity contribution is -0.167. The van der Waals surface area contributed by atoms with Gasteiger partial charge >= 0.3 is 17.9 Å². The first-order valence-electron chi connectivity index (χ1n) is 28.1. The van der Waals surface area contributed by atoms with Crippen molar-refractivity contribution in [1.82, 2.24) is 0 Å². The summed E-state index contributed by atoms with van der Waals surface area (Å²) in [6, 6.07) is 0. The number of hydrogen-bond donors (Lipinski definition) is 0. The van der Waals surface area contributed by atoms with E-state index in [2.05, 4.69) is 106 Å². The number of hydrogen-bond acceptors (Lipinski definition) is 6. The Bertz CT molecular complexity index is 1300. The molecule has 0 aliphatic carbocycles. The number of rotatable bonds is 50. The van der Waals surface area contributed by atoms with Crippen LogP contribution in [0.15, 0.2) is 85.1 Å². The molecule has 0 amide bonds. The maximum atomic E-state index is 12.8. The number of unbranched alkanes of at least 4 members (excludes halogenated alkanes) is 25. The summed E-state index contributed by atoms with van der Waals surface area (Å²) in [6.07, 6.45) is 71.4. The average molecular weight is 933 g/mol. The minimum absolute atomic E-state index is 0.0921. The summed E-state index contributed by atoms with van der Waals surface area (Å²) in [5.74, 6) is -0.931. The molecule has 0 heterocycles. The Morgan fingerprint density at radius 1 is 0.313 bits per heavy atom. The van der Waals surface area contributed by atoms with Crippen LogP contribution in [0, 0.1) is 0 Å². The van der Waals surface area contributed by atoms with Gasteiger partial charge in [-0.2, -0.15) is 0 Å². The first-order valence-corrected chi connectivity index (χ1v) is 28.1. The summed E-state index contributed by atoms with van der Waals surface area (Å²) in [6.45, 7) is 6.39. The van der Waals surface area contributed by atoms with Crippen molar-refractivity contribution in [3.05, 3.63) is 85.1 Å². The molecule has 1 unspecified atom stereocenters. The third kappa shape index (κ3) is 53.4. The molecule has 0 aromatic heterocycles. The molecule has 1 atom stereocenters. The van der Waals surface area contributed by atoms with Gasteiger partial charge in [0.15, 0.2) is 6.10 Å². The van der Waals surface area contributed by atoms with Gasteiger partial charge in [-0.15, -0.1) is 0 Å². The van der Waals surface area contributed by atoms with Crippen molar-refractivity contribution in [2.24, 2.45) is 0 Å². The highest BCUT2D eigenvalue weighted by molar-refractivity contribution is 5.71. The van der Waals surface area contributed by atoms with E-state index >= 15 is 0 Å². The van der Waals surface area contributed by atoms with Crippen LogP contribution in [0.25, 0.3) is 0 Å². The summed E-state index contributed by atoms with van der Waals surface area (Å²) < 4.78 is 16.8. The van der Waals surface area contributed by atoms with Gasteiger partial charge in [0.25, 0.3) is 0 Å². The average Bonchev–Trinajstić information content (AvgIpc) is 3.33. The van der Waals surface area contributed by atoms with Gasteiger partial charge in [-0.1, -0.05) is 241 Å². The summed E-state index contributed by atoms with van der Waals surface area (Å²) >= 11 is 0. The zero-order valence-electron chi connectivity index (χ0n) is 43.9. The van der Waals surface area contributed by atoms with Crippen LogP contribution in [0.4, 0.5) is 0 Å². The lowest BCUT2D eigenvalue weighted by atomic mass is 10.0. The topological polar surface area (TPSA) is 78.9 Å². The second-order valence-electron chi connectivity index (χ2n) is 18.4. The van der Waals surface area contributed by atoms with Crippen LogP contribution < -0.4 is 0 Å². The maximum Gasteiger partial charge on any atom is 0.306 e. The molecule has 384 valence electrons. The van der Waals surface area contributed by atoms with Crippen LogP contribution in [-0.2, 0) is 28.6 Å². The molecule has 6 heteroatoms. The van der Waals surface area contributed by atoms with Crippen LogP contribution in [0.5, 0.6) is 0 Å². The SMILES string of the molecule is CC/C=C\C/C=C\C/C=C\C/C=C\CCCCCC(=O)OC(COC(=O)CCCCCCCC/C=C\C/C=C\C/C=C\CC)COC(=O)CCCCCCCCCCCCCCCCCCC. The molecular formula is C61H104O6. The van der Waals surface area contributed by atoms with Crippen molar-refractivity contribution in [3.8, 4) is 0 Å². The largest absolute Gasteiger partial charge is 0.462 e. The first-order chi connectivity index (χ1) is 33.0. The molecule has 0 radical (unpaired) electrons. The highest BCUT2D eigenvalue weighted by Crippen LogP contribution is 2.16. The van der Waals surface area contributed by atoms with E-state index in [1.54, 1.807) is 0 Å². The van der Waals surface area contributed by atoms with Gasteiger partial charge in [-0.05, 0) is 89.9 Å². The van der Waals surface area contributed by atoms with E-state index in [9.17, 15) is 14.4 Å². The van der Waals surface area contributed by atoms with Crippen molar-refractivity contribution in [2.45, 2.75) is 271 Å². The fourth-order valence-corrected chi connectivity index (χ4v) is 7.74. The van der Waals surface area contributed by atoms with Gasteiger partial charge in [0, 0.05) is 19.3 Å². The third-order valence-corrected chi connectivity index (χ3v) is 11.9. The molecule has 6 nitrogen and oxygen atoms in total. The van der Waals surface area contributed by atoms with E-state index < -0.39 is 6.10 Å². The highest BCUT2D eigenvalue weighted by atomic mass is 16.6. The van der Waals surface area contributed by atoms with E-state index in [1.807, 2.05) is 0 Å². The Labute approximate surface area is 414 Å². The van der Waals surface area contributed by atoms with Crippen molar-refractivity contribution >= 4 is 17.9 Å². The molecule has 0 bridgehead atoms. The number of ether oxygens (including phenoxy) is 3. The van der Waals surface area contributed by atoms with Crippen LogP contribution in [0.2, 0.25) is 0 Å². The summed E-state index contributed by atoms with van der Waals surface area (Å²) in [5, 5.41) is 0. The highest BCUT2D eigenvalue weighted by Gasteiger charge is 2.19. The van der Waals surface area contributed by atoms with Gasteiger partial charge < -0.3 is 14.2 Å². The zero-order valence-corrected chi connectivity index (χ0v) is 43.9. The molecule has 0 fully saturated rings. The third-order valence-electron chi connectivity index (χ3n) is 11.9. The predicted octanol–water partition coefficient (Wildman–Crippen LogP) is 18.8. The Morgan fingerprint density at radius 2 is 0.582 bits per heavy atom. The maximum absolute atomic E-state index is 12.8. The number of carbonyl (C=O) groups excluding carboxylic acids is 3. The monoisotopic (exact) mass is 933 g/mol. The number of carbonyl (C=O) groups is 3. The molecule has 0 aliphatic heterocycles. The fourth-order valence-electron chi connectivity index (χ4n) is 7.74. The Hall–Kier alpha value is -3.41. The van der Waals surface area contributed by atoms with Crippen molar-refractivity contribution in [2.75, 3.05) is 13.2 Å². The Kier molecular flexibility index (Phi) is 52.4. The minimum Gasteiger partial charge on any atom is -0.462 e. The normalized spacial score (nSPS) is 12.7. The van der Waals surface area contributed by atoms with Gasteiger partial charge in [0.05, 0.1) is 0 Å². The number of esters is 3. The first kappa shape index (κ1) is 63.6. The molecule has 0 saturated heterocycles. The fraction of sp³-hybridized carbons (Fsp3) is 0.721. The Balaban J connectivity index is 4.44. The van der Waals surface area contributed by atoms with Crippen molar-refractivity contribution in [1.29, 1.82) is 0 Å². The molecule has 0 N–H and O–H groups in total. The molecule has 0 rings (SSSR count). The summed E-state index contributed by atoms with van der Waals surface area (Å²) in [5.41, 5.74) is 0. The van der Waals surface area contributed by atoms with E-state index in [0.29, 0.717) is 12.8 Å². The van der Waals surface area contributed by atoms with Crippen LogP contribution >= 0.6 is 0 Å². The van der Waals surface area contributed by atoms with E-state index in [0.717, 1.165) is 116 Å². The van der Waals surface area contributed by atoms with Gasteiger partial charge in [0.2, 0.25) is 0 Å². The molecule has 67 heavy (non-hydrogen) atoms. The van der Waals surface area contributed by atoms with E-state index in [4.69, 9.17) is 14.2 Å². The van der Waals surface area contributed by atoms with E-state index in [1.165, 1.54) is 109 Å². The number of allylic oxidation sites excluding steroid dienone is 14. The summed E-state index contributed by atoms with van der Waals surface area (Å²) in [4.78, 5) is 38.1. The van der Waals surface area contributed by atoms with Crippen molar-refractivity contribution in [3.63, 3.8) is 0 Å². The molecular weight excluding hydrogens is 829 g/mol. The van der Waals surface area contributed by atoms with Crippen molar-refractivity contribution < 1.29 is 28.6 Å². The lowest BCUT2D eigenvalue weighted by Gasteiger charge is -2.18. The summed E-state index contributed by atoms with van der Waals surface area (Å²) in [7, 11) is 0. The second-order valence-corrected chi connectivity index (χ2v) is 18.4. The molecule has 0 aromatic rings. The second kappa shape index (κ2) is 55.2. The van der Waals surface area contributed by atoms with Crippen LogP contribution in [0.3, 0.4) is 0 Å². The van der Waals surface area contributed by atoms with Crippen LogP contribution in [-0.4, -0.2) is 37.2 Å². The smallest absolute Gasteiger partial charge is 0.306 e. The Morgan fingerprint density at radius 3 is 0.925 bits per heavy atom. The standard InChI is InChI=1S/C61H104O6/c1-4-7-10-13-16-19-22-25-28-31-34-36-39-42-45-48-51-54-60(63)66-57-58(67-61(64)55-52-49-46-43-40-37-33-30-27-24-21-18-15-12-9-6-3)56-65-59(62)53-50-47-44-41-38-35-32-29-26-23-20-17-14-11-8-5-2/h8-9,11-12,17-18,20-21,26-27,29-30,37,40,58H,4-7,10,13-16,19,22-25,28,31-36,38-39,41-57H2,1-3H3/b11-8-,12-9-,20-17-,21-18-,29-26-,30-27-,40-37-. The lowest BCUT2D eigenvalue weighted by Crippen LogP contribution is -2.30.